The number of carbonyl (C=O) groups excluding carboxylic acids is 1. The van der Waals surface area contributed by atoms with Gasteiger partial charge in [0.15, 0.2) is 17.8 Å². The Morgan fingerprint density at radius 1 is 1.26 bits per heavy atom. The van der Waals surface area contributed by atoms with Crippen LogP contribution >= 0.6 is 0 Å². The van der Waals surface area contributed by atoms with Crippen molar-refractivity contribution < 1.29 is 77.8 Å². The van der Waals surface area contributed by atoms with Crippen LogP contribution in [0.4, 0.5) is 0 Å². The van der Waals surface area contributed by atoms with Crippen LogP contribution in [0.5, 0.6) is 11.5 Å². The van der Waals surface area contributed by atoms with Crippen LogP contribution in [0.3, 0.4) is 0 Å². The van der Waals surface area contributed by atoms with Gasteiger partial charge in [-0.1, -0.05) is 18.2 Å². The molecule has 1 aromatic carbocycles. The minimum Gasteiger partial charge on any atom is -0.547 e. The molecule has 0 aromatic heterocycles. The number of nitrogens with zero attached hydrogens (tertiary/aromatic N) is 1. The molecule has 10 atom stereocenters. The molecule has 1 aromatic rings. The van der Waals surface area contributed by atoms with E-state index >= 15 is 0 Å². The summed E-state index contributed by atoms with van der Waals surface area (Å²) in [7, 11) is 1.53. The Morgan fingerprint density at radius 2 is 2.06 bits per heavy atom. The van der Waals surface area contributed by atoms with E-state index in [1.165, 1.54) is 7.11 Å². The fourth-order valence-electron chi connectivity index (χ4n) is 6.62. The molecular formula is C24H28NNaO9. The second-order valence-electron chi connectivity index (χ2n) is 9.65. The Labute approximate surface area is 228 Å². The molecule has 0 saturated carbocycles. The second kappa shape index (κ2) is 8.97. The van der Waals surface area contributed by atoms with E-state index in [1.807, 2.05) is 12.1 Å². The molecule has 3 aliphatic heterocycles. The van der Waals surface area contributed by atoms with Crippen LogP contribution in [0.15, 0.2) is 24.3 Å². The SMILES string of the molecule is [2H]C([2H])([2H])N1CC[C@]23c4c5ccc(OC)c4O[C@H]2[C@@H](O[C@@H]2O[C@H](C(=O)[O-])[C@@H](O)[C@H](O)[C@H]2O)C=C[C@H]3[C@H]1C5.[Na+]. The molecule has 0 amide bonds. The molecule has 11 heteroatoms. The van der Waals surface area contributed by atoms with Gasteiger partial charge in [-0.3, -0.25) is 0 Å². The number of rotatable bonds is 4. The summed E-state index contributed by atoms with van der Waals surface area (Å²) in [4.78, 5) is 13.0. The van der Waals surface area contributed by atoms with Crippen molar-refractivity contribution in [2.24, 2.45) is 5.92 Å². The maximum atomic E-state index is 11.4. The summed E-state index contributed by atoms with van der Waals surface area (Å²) in [5, 5.41) is 42.2. The van der Waals surface area contributed by atoms with Gasteiger partial charge in [0.05, 0.1) is 13.1 Å². The van der Waals surface area contributed by atoms with Crippen molar-refractivity contribution >= 4 is 5.97 Å². The van der Waals surface area contributed by atoms with Crippen LogP contribution in [-0.2, 0) is 26.1 Å². The molecule has 0 radical (unpaired) electrons. The number of likely N-dealkylation sites (N-methyl/N-ethyl adjacent to an activating group) is 1. The first kappa shape index (κ1) is 21.8. The Hall–Kier alpha value is -1.21. The van der Waals surface area contributed by atoms with E-state index in [1.54, 1.807) is 17.0 Å². The first-order chi connectivity index (χ1) is 17.5. The number of aliphatic carboxylic acids is 1. The average Bonchev–Trinajstić information content (AvgIpc) is 3.18. The van der Waals surface area contributed by atoms with Crippen LogP contribution < -0.4 is 44.1 Å². The van der Waals surface area contributed by atoms with Crippen LogP contribution in [0.1, 0.15) is 21.7 Å². The fraction of sp³-hybridized carbons (Fsp3) is 0.625. The van der Waals surface area contributed by atoms with Crippen molar-refractivity contribution in [2.75, 3.05) is 20.6 Å². The van der Waals surface area contributed by atoms with E-state index in [4.69, 9.17) is 23.1 Å². The molecule has 2 saturated heterocycles. The standard InChI is InChI=1S/C24H29NO9.Na/c1-25-8-7-24-11-4-6-14(32-23-18(28)16(26)17(27)20(34-23)22(29)30)21(24)33-19-13(31-2)5-3-10(15(19)24)9-12(11)25;/h3-6,11-12,14,16-18,20-21,23,26-28H,7-9H2,1-2H3,(H,29,30);/q;+1/p-1/t11-,12+,14-,16-,17-,18+,20-,21-,23+,24-;/m0./s1/i1D3;. The van der Waals surface area contributed by atoms with Crippen LogP contribution in [-0.4, -0.2) is 95.8 Å². The van der Waals surface area contributed by atoms with Crippen molar-refractivity contribution in [2.45, 2.75) is 67.2 Å². The predicted octanol–water partition coefficient (Wildman–Crippen LogP) is -4.91. The van der Waals surface area contributed by atoms with Gasteiger partial charge in [-0.05, 0) is 38.0 Å². The van der Waals surface area contributed by atoms with Crippen molar-refractivity contribution in [3.05, 3.63) is 35.4 Å². The van der Waals surface area contributed by atoms with Gasteiger partial charge in [0, 0.05) is 27.1 Å². The number of ether oxygens (including phenoxy) is 4. The van der Waals surface area contributed by atoms with E-state index in [-0.39, 0.29) is 41.5 Å². The van der Waals surface area contributed by atoms with E-state index in [2.05, 4.69) is 0 Å². The van der Waals surface area contributed by atoms with Gasteiger partial charge < -0.3 is 49.1 Å². The second-order valence-corrected chi connectivity index (χ2v) is 9.65. The third-order valence-electron chi connectivity index (χ3n) is 8.15. The van der Waals surface area contributed by atoms with Crippen LogP contribution in [0.2, 0.25) is 0 Å². The largest absolute Gasteiger partial charge is 1.00 e. The van der Waals surface area contributed by atoms with Crippen molar-refractivity contribution in [3.8, 4) is 11.5 Å². The predicted molar refractivity (Wildman–Crippen MR) is 113 cm³/mol. The number of likely N-dealkylation sites (tertiary alicyclic amines) is 1. The van der Waals surface area contributed by atoms with Gasteiger partial charge in [0.2, 0.25) is 0 Å². The molecule has 184 valence electrons. The molecule has 5 aliphatic rings. The number of piperidine rings is 1. The first-order valence-corrected chi connectivity index (χ1v) is 11.4. The number of aliphatic hydroxyl groups is 3. The molecule has 3 heterocycles. The van der Waals surface area contributed by atoms with Gasteiger partial charge in [-0.15, -0.1) is 0 Å². The minimum atomic E-state index is -2.27. The summed E-state index contributed by atoms with van der Waals surface area (Å²) in [5.74, 6) is -0.883. The zero-order valence-electron chi connectivity index (χ0n) is 22.4. The van der Waals surface area contributed by atoms with Crippen molar-refractivity contribution in [1.82, 2.24) is 4.90 Å². The summed E-state index contributed by atoms with van der Waals surface area (Å²) < 4.78 is 47.7. The molecule has 10 nitrogen and oxygen atoms in total. The maximum Gasteiger partial charge on any atom is 1.00 e. The maximum absolute atomic E-state index is 11.4. The van der Waals surface area contributed by atoms with Crippen LogP contribution in [0.25, 0.3) is 0 Å². The van der Waals surface area contributed by atoms with Crippen molar-refractivity contribution in [3.63, 3.8) is 0 Å². The third-order valence-corrected chi connectivity index (χ3v) is 8.15. The van der Waals surface area contributed by atoms with Crippen LogP contribution in [0, 0.1) is 5.92 Å². The summed E-state index contributed by atoms with van der Waals surface area (Å²) >= 11 is 0. The number of methoxy groups -OCH3 is 1. The number of aliphatic hydroxyl groups excluding tert-OH is 3. The van der Waals surface area contributed by atoms with Gasteiger partial charge in [0.25, 0.3) is 0 Å². The number of hydrogen-bond donors (Lipinski definition) is 3. The number of carboxylic acid groups (broad SMARTS) is 1. The quantitative estimate of drug-likeness (QED) is 0.272. The minimum absolute atomic E-state index is 0. The third kappa shape index (κ3) is 3.46. The van der Waals surface area contributed by atoms with E-state index < -0.39 is 61.3 Å². The molecular weight excluding hydrogens is 469 g/mol. The van der Waals surface area contributed by atoms with E-state index in [0.29, 0.717) is 30.9 Å². The molecule has 2 fully saturated rings. The molecule has 35 heavy (non-hydrogen) atoms. The van der Waals surface area contributed by atoms with E-state index in [0.717, 1.165) is 11.1 Å². The zero-order valence-corrected chi connectivity index (χ0v) is 21.4. The molecule has 6 rings (SSSR count). The number of benzene rings is 1. The Bertz CT molecular complexity index is 1150. The normalized spacial score (nSPS) is 44.7. The molecule has 2 bridgehead atoms. The smallest absolute Gasteiger partial charge is 0.547 e. The monoisotopic (exact) mass is 500 g/mol. The Balaban J connectivity index is 0.00000294. The number of carboxylic acids is 1. The summed E-state index contributed by atoms with van der Waals surface area (Å²) in [6, 6.07) is 3.41. The van der Waals surface area contributed by atoms with Crippen molar-refractivity contribution in [1.29, 1.82) is 0 Å². The molecule has 3 N–H and O–H groups in total. The summed E-state index contributed by atoms with van der Waals surface area (Å²) in [5.41, 5.74) is 1.26. The van der Waals surface area contributed by atoms with Gasteiger partial charge in [-0.25, -0.2) is 0 Å². The number of carbonyl (C=O) groups is 1. The summed E-state index contributed by atoms with van der Waals surface area (Å²) in [6.45, 7) is -1.97. The Kier molecular flexibility index (Phi) is 5.59. The summed E-state index contributed by atoms with van der Waals surface area (Å²) in [6.07, 6.45) is -5.93. The molecule has 1 spiro atoms. The van der Waals surface area contributed by atoms with Gasteiger partial charge in [0.1, 0.15) is 36.6 Å². The fourth-order valence-corrected chi connectivity index (χ4v) is 6.62. The molecule has 2 aliphatic carbocycles. The average molecular weight is 500 g/mol. The number of hydrogen-bond acceptors (Lipinski definition) is 10. The Morgan fingerprint density at radius 3 is 2.77 bits per heavy atom. The topological polar surface area (TPSA) is 141 Å². The zero-order chi connectivity index (χ0) is 26.4. The van der Waals surface area contributed by atoms with Gasteiger partial charge in [-0.2, -0.15) is 0 Å². The first-order valence-electron chi connectivity index (χ1n) is 12.9. The van der Waals surface area contributed by atoms with E-state index in [9.17, 15) is 25.2 Å². The molecule has 0 unspecified atom stereocenters. The van der Waals surface area contributed by atoms with Gasteiger partial charge >= 0.3 is 29.6 Å².